The molecule has 0 aliphatic carbocycles. The molecule has 2 aromatic carbocycles. The molecule has 0 aromatic heterocycles. The lowest BCUT2D eigenvalue weighted by Crippen LogP contribution is -2.12. The van der Waals surface area contributed by atoms with Crippen molar-refractivity contribution < 1.29 is 9.13 Å². The summed E-state index contributed by atoms with van der Waals surface area (Å²) in [5.74, 6) is 0.138. The van der Waals surface area contributed by atoms with Gasteiger partial charge in [-0.15, -0.1) is 0 Å². The standard InChI is InChI=1S/C14H11ClFNOS/c15-11-3-1-2-4-13(11)18-8-9-5-6-12(16)10(7-9)14(17)19/h1-7H,8H2,(H2,17,19). The Kier molecular flexibility index (Phi) is 4.35. The first-order chi connectivity index (χ1) is 9.08. The molecule has 2 rings (SSSR count). The van der Waals surface area contributed by atoms with Crippen LogP contribution in [0.25, 0.3) is 0 Å². The molecule has 0 heterocycles. The predicted molar refractivity (Wildman–Crippen MR) is 78.1 cm³/mol. The van der Waals surface area contributed by atoms with Gasteiger partial charge in [0.05, 0.1) is 5.02 Å². The average Bonchev–Trinajstić information content (AvgIpc) is 2.39. The van der Waals surface area contributed by atoms with Crippen molar-refractivity contribution in [1.29, 1.82) is 0 Å². The number of halogens is 2. The van der Waals surface area contributed by atoms with Crippen LogP contribution >= 0.6 is 23.8 Å². The van der Waals surface area contributed by atoms with Crippen LogP contribution in [0.3, 0.4) is 0 Å². The van der Waals surface area contributed by atoms with Crippen molar-refractivity contribution in [2.24, 2.45) is 5.73 Å². The van der Waals surface area contributed by atoms with Gasteiger partial charge in [-0.2, -0.15) is 0 Å². The fourth-order valence-electron chi connectivity index (χ4n) is 1.57. The molecule has 19 heavy (non-hydrogen) atoms. The van der Waals surface area contributed by atoms with Crippen LogP contribution in [0.5, 0.6) is 5.75 Å². The third-order valence-electron chi connectivity index (χ3n) is 2.53. The number of ether oxygens (including phenoxy) is 1. The predicted octanol–water partition coefficient (Wildman–Crippen LogP) is 3.69. The summed E-state index contributed by atoms with van der Waals surface area (Å²) in [4.78, 5) is 0.0251. The van der Waals surface area contributed by atoms with Crippen LogP contribution in [0, 0.1) is 5.82 Å². The van der Waals surface area contributed by atoms with E-state index in [9.17, 15) is 4.39 Å². The maximum Gasteiger partial charge on any atom is 0.138 e. The van der Waals surface area contributed by atoms with Crippen molar-refractivity contribution in [3.8, 4) is 5.75 Å². The summed E-state index contributed by atoms with van der Waals surface area (Å²) >= 11 is 10.8. The highest BCUT2D eigenvalue weighted by atomic mass is 35.5. The summed E-state index contributed by atoms with van der Waals surface area (Å²) in [6.45, 7) is 0.264. The smallest absolute Gasteiger partial charge is 0.138 e. The van der Waals surface area contributed by atoms with Gasteiger partial charge in [0.25, 0.3) is 0 Å². The molecule has 2 nitrogen and oxygen atoms in total. The minimum atomic E-state index is -0.436. The average molecular weight is 296 g/mol. The monoisotopic (exact) mass is 295 g/mol. The van der Waals surface area contributed by atoms with Crippen molar-refractivity contribution in [2.45, 2.75) is 6.61 Å². The van der Waals surface area contributed by atoms with E-state index < -0.39 is 5.82 Å². The Hall–Kier alpha value is -1.65. The first-order valence-corrected chi connectivity index (χ1v) is 6.32. The molecule has 0 unspecified atom stereocenters. The summed E-state index contributed by atoms with van der Waals surface area (Å²) in [7, 11) is 0. The first kappa shape index (κ1) is 13.8. The van der Waals surface area contributed by atoms with Gasteiger partial charge >= 0.3 is 0 Å². The van der Waals surface area contributed by atoms with E-state index in [1.54, 1.807) is 24.3 Å². The third-order valence-corrected chi connectivity index (χ3v) is 3.06. The lowest BCUT2D eigenvalue weighted by molar-refractivity contribution is 0.306. The van der Waals surface area contributed by atoms with Crippen LogP contribution in [0.1, 0.15) is 11.1 Å². The number of thiocarbonyl (C=S) groups is 1. The second-order valence-corrected chi connectivity index (χ2v) is 4.74. The topological polar surface area (TPSA) is 35.2 Å². The second-order valence-electron chi connectivity index (χ2n) is 3.90. The van der Waals surface area contributed by atoms with E-state index in [-0.39, 0.29) is 17.2 Å². The summed E-state index contributed by atoms with van der Waals surface area (Å²) in [5, 5.41) is 0.527. The van der Waals surface area contributed by atoms with Crippen molar-refractivity contribution in [3.63, 3.8) is 0 Å². The zero-order chi connectivity index (χ0) is 13.8. The summed E-state index contributed by atoms with van der Waals surface area (Å²) in [5.41, 5.74) is 6.43. The molecule has 98 valence electrons. The zero-order valence-electron chi connectivity index (χ0n) is 9.90. The van der Waals surface area contributed by atoms with Crippen LogP contribution in [0.4, 0.5) is 4.39 Å². The van der Waals surface area contributed by atoms with Crippen LogP contribution in [-0.4, -0.2) is 4.99 Å². The van der Waals surface area contributed by atoms with Gasteiger partial charge in [0, 0.05) is 5.56 Å². The fourth-order valence-corrected chi connectivity index (χ4v) is 1.92. The number of para-hydroxylation sites is 1. The highest BCUT2D eigenvalue weighted by molar-refractivity contribution is 7.80. The highest BCUT2D eigenvalue weighted by Crippen LogP contribution is 2.24. The normalized spacial score (nSPS) is 10.2. The molecule has 0 amide bonds. The maximum atomic E-state index is 13.4. The molecule has 0 fully saturated rings. The summed E-state index contributed by atoms with van der Waals surface area (Å²) in [6.07, 6.45) is 0. The van der Waals surface area contributed by atoms with E-state index in [0.717, 1.165) is 5.56 Å². The lowest BCUT2D eigenvalue weighted by atomic mass is 10.1. The molecule has 0 saturated carbocycles. The van der Waals surface area contributed by atoms with Gasteiger partial charge in [-0.1, -0.05) is 42.0 Å². The highest BCUT2D eigenvalue weighted by Gasteiger charge is 2.07. The molecule has 0 aliphatic heterocycles. The minimum Gasteiger partial charge on any atom is -0.487 e. The van der Waals surface area contributed by atoms with E-state index in [1.165, 1.54) is 6.07 Å². The molecule has 2 aromatic rings. The fraction of sp³-hybridized carbons (Fsp3) is 0.0714. The molecular formula is C14H11ClFNOS. The second kappa shape index (κ2) is 5.99. The number of hydrogen-bond donors (Lipinski definition) is 1. The zero-order valence-corrected chi connectivity index (χ0v) is 11.5. The largest absolute Gasteiger partial charge is 0.487 e. The van der Waals surface area contributed by atoms with Crippen LogP contribution < -0.4 is 10.5 Å². The molecule has 0 atom stereocenters. The van der Waals surface area contributed by atoms with Crippen LogP contribution in [0.15, 0.2) is 42.5 Å². The van der Waals surface area contributed by atoms with Crippen molar-refractivity contribution in [3.05, 3.63) is 64.4 Å². The molecule has 0 bridgehead atoms. The van der Waals surface area contributed by atoms with Gasteiger partial charge in [-0.25, -0.2) is 4.39 Å². The lowest BCUT2D eigenvalue weighted by Gasteiger charge is -2.09. The Bertz CT molecular complexity index is 618. The van der Waals surface area contributed by atoms with E-state index >= 15 is 0 Å². The Morgan fingerprint density at radius 3 is 2.68 bits per heavy atom. The Morgan fingerprint density at radius 2 is 2.00 bits per heavy atom. The number of nitrogens with two attached hydrogens (primary N) is 1. The van der Waals surface area contributed by atoms with Crippen LogP contribution in [-0.2, 0) is 6.61 Å². The quantitative estimate of drug-likeness (QED) is 0.874. The van der Waals surface area contributed by atoms with Gasteiger partial charge < -0.3 is 10.5 Å². The summed E-state index contributed by atoms with van der Waals surface area (Å²) in [6, 6.07) is 11.7. The van der Waals surface area contributed by atoms with Crippen LogP contribution in [0.2, 0.25) is 5.02 Å². The maximum absolute atomic E-state index is 13.4. The molecule has 0 aliphatic rings. The van der Waals surface area contributed by atoms with Crippen molar-refractivity contribution >= 4 is 28.8 Å². The van der Waals surface area contributed by atoms with E-state index in [0.29, 0.717) is 10.8 Å². The SMILES string of the molecule is NC(=S)c1cc(COc2ccccc2Cl)ccc1F. The van der Waals surface area contributed by atoms with E-state index in [1.807, 2.05) is 12.1 Å². The minimum absolute atomic E-state index is 0.0251. The molecular weight excluding hydrogens is 285 g/mol. The van der Waals surface area contributed by atoms with Gasteiger partial charge in [0.1, 0.15) is 23.2 Å². The number of hydrogen-bond acceptors (Lipinski definition) is 2. The number of benzene rings is 2. The third kappa shape index (κ3) is 3.43. The molecule has 0 radical (unpaired) electrons. The van der Waals surface area contributed by atoms with Gasteiger partial charge in [-0.3, -0.25) is 0 Å². The Balaban J connectivity index is 2.14. The van der Waals surface area contributed by atoms with Crippen molar-refractivity contribution in [2.75, 3.05) is 0 Å². The first-order valence-electron chi connectivity index (χ1n) is 5.53. The summed E-state index contributed by atoms with van der Waals surface area (Å²) < 4.78 is 19.0. The molecule has 2 N–H and O–H groups in total. The van der Waals surface area contributed by atoms with Crippen molar-refractivity contribution in [1.82, 2.24) is 0 Å². The molecule has 5 heteroatoms. The molecule has 0 spiro atoms. The van der Waals surface area contributed by atoms with Gasteiger partial charge in [0.2, 0.25) is 0 Å². The number of rotatable bonds is 4. The van der Waals surface area contributed by atoms with E-state index in [4.69, 9.17) is 34.3 Å². The van der Waals surface area contributed by atoms with E-state index in [2.05, 4.69) is 0 Å². The van der Waals surface area contributed by atoms with Gasteiger partial charge in [-0.05, 0) is 29.8 Å². The molecule has 0 saturated heterocycles. The Morgan fingerprint density at radius 1 is 1.26 bits per heavy atom. The van der Waals surface area contributed by atoms with Gasteiger partial charge in [0.15, 0.2) is 0 Å². The Labute approximate surface area is 120 Å².